The van der Waals surface area contributed by atoms with Gasteiger partial charge in [-0.1, -0.05) is 41.6 Å². The molecule has 2 fully saturated rings. The van der Waals surface area contributed by atoms with Gasteiger partial charge >= 0.3 is 12.1 Å². The zero-order valence-electron chi connectivity index (χ0n) is 24.7. The third kappa shape index (κ3) is 6.99. The third-order valence-electron chi connectivity index (χ3n) is 8.22. The van der Waals surface area contributed by atoms with Crippen LogP contribution in [0.1, 0.15) is 78.9 Å². The highest BCUT2D eigenvalue weighted by Crippen LogP contribution is 2.46. The lowest BCUT2D eigenvalue weighted by Gasteiger charge is -2.36. The van der Waals surface area contributed by atoms with E-state index in [1.54, 1.807) is 12.1 Å². The van der Waals surface area contributed by atoms with Crippen molar-refractivity contribution in [2.45, 2.75) is 78.0 Å². The molecule has 1 saturated carbocycles. The van der Waals surface area contributed by atoms with Crippen molar-refractivity contribution in [2.24, 2.45) is 5.92 Å². The van der Waals surface area contributed by atoms with Crippen LogP contribution >= 0.6 is 0 Å². The van der Waals surface area contributed by atoms with Gasteiger partial charge in [0.05, 0.1) is 11.3 Å². The minimum Gasteiger partial charge on any atom is -0.478 e. The Morgan fingerprint density at radius 1 is 1.05 bits per heavy atom. The second kappa shape index (κ2) is 11.7. The molecule has 1 aromatic heterocycles. The van der Waals surface area contributed by atoms with Crippen LogP contribution in [0.15, 0.2) is 53.1 Å². The zero-order chi connectivity index (χ0) is 29.3. The Morgan fingerprint density at radius 2 is 1.71 bits per heavy atom. The normalized spacial score (nSPS) is 19.6. The van der Waals surface area contributed by atoms with Gasteiger partial charge in [0.1, 0.15) is 11.4 Å². The van der Waals surface area contributed by atoms with Crippen molar-refractivity contribution >= 4 is 12.1 Å². The first kappa shape index (κ1) is 28.9. The molecule has 8 heteroatoms. The number of piperidine rings is 1. The maximum Gasteiger partial charge on any atom is 0.410 e. The smallest absolute Gasteiger partial charge is 0.410 e. The van der Waals surface area contributed by atoms with Crippen LogP contribution in [0.3, 0.4) is 0 Å². The summed E-state index contributed by atoms with van der Waals surface area (Å²) in [6.07, 6.45) is 2.74. The fraction of sp³-hybridized carbons (Fsp3) is 0.485. The SMILES string of the molecule is Cc1noc(C)c1-c1ccc(C2CC2N(CC2CCN(Cc3ccc(C(=O)O)cc3)CC2)C(=O)OC(C)(C)C)cc1. The average Bonchev–Trinajstić information content (AvgIpc) is 3.64. The maximum atomic E-state index is 13.4. The predicted octanol–water partition coefficient (Wildman–Crippen LogP) is 6.66. The van der Waals surface area contributed by atoms with E-state index in [1.807, 2.05) is 51.7 Å². The summed E-state index contributed by atoms with van der Waals surface area (Å²) >= 11 is 0. The Labute approximate surface area is 242 Å². The van der Waals surface area contributed by atoms with Gasteiger partial charge in [-0.2, -0.15) is 0 Å². The Bertz CT molecular complexity index is 1350. The van der Waals surface area contributed by atoms with Crippen molar-refractivity contribution in [3.05, 3.63) is 76.7 Å². The number of aromatic nitrogens is 1. The summed E-state index contributed by atoms with van der Waals surface area (Å²) in [6, 6.07) is 15.8. The standard InChI is InChI=1S/C33H41N3O5/c1-21-30(22(2)41-34-21)26-12-10-25(11-13-26)28-18-29(28)36(32(39)40-33(3,4)5)20-24-14-16-35(17-15-24)19-23-6-8-27(9-7-23)31(37)38/h6-13,24,28-29H,14-20H2,1-5H3,(H,37,38). The summed E-state index contributed by atoms with van der Waals surface area (Å²) in [6.45, 7) is 13.0. The van der Waals surface area contributed by atoms with Crippen LogP contribution in [-0.2, 0) is 11.3 Å². The fourth-order valence-corrected chi connectivity index (χ4v) is 5.96. The molecule has 8 nitrogen and oxygen atoms in total. The van der Waals surface area contributed by atoms with Crippen LogP contribution in [-0.4, -0.2) is 63.4 Å². The number of aromatic carboxylic acids is 1. The number of rotatable bonds is 8. The van der Waals surface area contributed by atoms with Crippen molar-refractivity contribution in [3.63, 3.8) is 0 Å². The molecule has 0 bridgehead atoms. The molecule has 2 aliphatic rings. The molecular weight excluding hydrogens is 518 g/mol. The van der Waals surface area contributed by atoms with Gasteiger partial charge < -0.3 is 19.3 Å². The zero-order valence-corrected chi connectivity index (χ0v) is 24.7. The molecule has 5 rings (SSSR count). The van der Waals surface area contributed by atoms with Crippen LogP contribution in [0, 0.1) is 19.8 Å². The van der Waals surface area contributed by atoms with E-state index in [-0.39, 0.29) is 12.1 Å². The topological polar surface area (TPSA) is 96.1 Å². The number of nitrogens with zero attached hydrogens (tertiary/aromatic N) is 3. The number of carboxylic acids is 1. The van der Waals surface area contributed by atoms with Gasteiger partial charge in [-0.05, 0) is 102 Å². The Kier molecular flexibility index (Phi) is 8.23. The molecule has 1 N–H and O–H groups in total. The number of carbonyl (C=O) groups excluding carboxylic acids is 1. The summed E-state index contributed by atoms with van der Waals surface area (Å²) in [5.74, 6) is 0.628. The van der Waals surface area contributed by atoms with Gasteiger partial charge in [0, 0.05) is 30.6 Å². The van der Waals surface area contributed by atoms with Crippen molar-refractivity contribution in [3.8, 4) is 11.1 Å². The van der Waals surface area contributed by atoms with Crippen molar-refractivity contribution in [1.29, 1.82) is 0 Å². The minimum atomic E-state index is -0.904. The monoisotopic (exact) mass is 559 g/mol. The van der Waals surface area contributed by atoms with E-state index in [9.17, 15) is 9.59 Å². The van der Waals surface area contributed by atoms with Gasteiger partial charge in [0.2, 0.25) is 0 Å². The summed E-state index contributed by atoms with van der Waals surface area (Å²) < 4.78 is 11.2. The summed E-state index contributed by atoms with van der Waals surface area (Å²) in [4.78, 5) is 28.9. The quantitative estimate of drug-likeness (QED) is 0.330. The molecule has 0 spiro atoms. The molecular formula is C33H41N3O5. The van der Waals surface area contributed by atoms with E-state index in [1.165, 1.54) is 5.56 Å². The van der Waals surface area contributed by atoms with Crippen LogP contribution in [0.25, 0.3) is 11.1 Å². The first-order valence-electron chi connectivity index (χ1n) is 14.6. The predicted molar refractivity (Wildman–Crippen MR) is 157 cm³/mol. The molecule has 2 heterocycles. The molecule has 1 amide bonds. The molecule has 1 saturated heterocycles. The Hall–Kier alpha value is -3.65. The van der Waals surface area contributed by atoms with E-state index < -0.39 is 11.6 Å². The number of aryl methyl sites for hydroxylation is 2. The van der Waals surface area contributed by atoms with E-state index in [0.717, 1.165) is 67.0 Å². The highest BCUT2D eigenvalue weighted by atomic mass is 16.6. The van der Waals surface area contributed by atoms with E-state index in [4.69, 9.17) is 14.4 Å². The first-order chi connectivity index (χ1) is 19.5. The number of ether oxygens (including phenoxy) is 1. The van der Waals surface area contributed by atoms with Crippen molar-refractivity contribution in [1.82, 2.24) is 15.0 Å². The molecule has 1 aliphatic heterocycles. The van der Waals surface area contributed by atoms with Crippen LogP contribution in [0.5, 0.6) is 0 Å². The van der Waals surface area contributed by atoms with Crippen LogP contribution < -0.4 is 0 Å². The minimum absolute atomic E-state index is 0.139. The second-order valence-corrected chi connectivity index (χ2v) is 12.6. The van der Waals surface area contributed by atoms with Gasteiger partial charge in [-0.25, -0.2) is 9.59 Å². The molecule has 2 aromatic carbocycles. The Morgan fingerprint density at radius 3 is 2.27 bits per heavy atom. The molecule has 2 unspecified atom stereocenters. The van der Waals surface area contributed by atoms with E-state index in [2.05, 4.69) is 34.3 Å². The van der Waals surface area contributed by atoms with Crippen molar-refractivity contribution in [2.75, 3.05) is 19.6 Å². The van der Waals surface area contributed by atoms with Gasteiger partial charge in [-0.15, -0.1) is 0 Å². The summed E-state index contributed by atoms with van der Waals surface area (Å²) in [5.41, 5.74) is 5.14. The fourth-order valence-electron chi connectivity index (χ4n) is 5.96. The lowest BCUT2D eigenvalue weighted by Crippen LogP contribution is -2.44. The number of likely N-dealkylation sites (tertiary alicyclic amines) is 1. The largest absolute Gasteiger partial charge is 0.478 e. The third-order valence-corrected chi connectivity index (χ3v) is 8.22. The maximum absolute atomic E-state index is 13.4. The highest BCUT2D eigenvalue weighted by Gasteiger charge is 2.46. The molecule has 1 aliphatic carbocycles. The molecule has 41 heavy (non-hydrogen) atoms. The van der Waals surface area contributed by atoms with Crippen LogP contribution in [0.4, 0.5) is 4.79 Å². The van der Waals surface area contributed by atoms with E-state index >= 15 is 0 Å². The summed E-state index contributed by atoms with van der Waals surface area (Å²) in [7, 11) is 0. The Balaban J connectivity index is 1.21. The van der Waals surface area contributed by atoms with Crippen molar-refractivity contribution < 1.29 is 24.0 Å². The molecule has 3 aromatic rings. The number of hydrogen-bond acceptors (Lipinski definition) is 6. The number of amides is 1. The molecule has 2 atom stereocenters. The van der Waals surface area contributed by atoms with Gasteiger partial charge in [0.25, 0.3) is 0 Å². The molecule has 218 valence electrons. The lowest BCUT2D eigenvalue weighted by atomic mass is 9.95. The number of carbonyl (C=O) groups is 2. The number of hydrogen-bond donors (Lipinski definition) is 1. The van der Waals surface area contributed by atoms with Gasteiger partial charge in [-0.3, -0.25) is 4.90 Å². The first-order valence-corrected chi connectivity index (χ1v) is 14.6. The lowest BCUT2D eigenvalue weighted by molar-refractivity contribution is 0.0170. The van der Waals surface area contributed by atoms with E-state index in [0.29, 0.717) is 23.9 Å². The second-order valence-electron chi connectivity index (χ2n) is 12.6. The number of carboxylic acid groups (broad SMARTS) is 1. The summed E-state index contributed by atoms with van der Waals surface area (Å²) in [5, 5.41) is 13.2. The highest BCUT2D eigenvalue weighted by molar-refractivity contribution is 5.87. The average molecular weight is 560 g/mol. The molecule has 0 radical (unpaired) electrons. The number of benzene rings is 2. The van der Waals surface area contributed by atoms with Gasteiger partial charge in [0.15, 0.2) is 0 Å². The van der Waals surface area contributed by atoms with Crippen LogP contribution in [0.2, 0.25) is 0 Å².